The van der Waals surface area contributed by atoms with Crippen molar-refractivity contribution in [1.82, 2.24) is 10.2 Å². The number of nitrogens with two attached hydrogens (primary N) is 1. The Labute approximate surface area is 261 Å². The van der Waals surface area contributed by atoms with Gasteiger partial charge in [-0.05, 0) is 132 Å². The molecule has 10 nitrogen and oxygen atoms in total. The molecule has 5 rings (SSSR count). The van der Waals surface area contributed by atoms with Crippen molar-refractivity contribution in [2.75, 3.05) is 6.61 Å². The van der Waals surface area contributed by atoms with Gasteiger partial charge in [-0.2, -0.15) is 0 Å². The Hall–Kier alpha value is -3.30. The number of rotatable bonds is 10. The van der Waals surface area contributed by atoms with Crippen molar-refractivity contribution in [1.29, 1.82) is 0 Å². The van der Waals surface area contributed by atoms with Crippen LogP contribution in [0.2, 0.25) is 0 Å². The van der Waals surface area contributed by atoms with E-state index >= 15 is 0 Å². The highest BCUT2D eigenvalue weighted by Gasteiger charge is 2.53. The number of aryl methyl sites for hydroxylation is 2. The van der Waals surface area contributed by atoms with Crippen molar-refractivity contribution in [2.24, 2.45) is 35.3 Å². The van der Waals surface area contributed by atoms with Crippen LogP contribution >= 0.6 is 0 Å². The molecule has 0 aromatic heterocycles. The number of nitrogens with one attached hydrogen (secondary N) is 1. The Morgan fingerprint density at radius 1 is 0.955 bits per heavy atom. The average Bonchev–Trinajstić information content (AvgIpc) is 2.88. The number of hydrogen-bond donors (Lipinski definition) is 2. The maximum absolute atomic E-state index is 14.6. The molecular weight excluding hydrogens is 562 g/mol. The molecule has 0 spiro atoms. The number of nitrogens with zero attached hydrogens (tertiary/aromatic N) is 1. The van der Waals surface area contributed by atoms with Gasteiger partial charge in [-0.25, -0.2) is 9.59 Å². The van der Waals surface area contributed by atoms with Gasteiger partial charge in [-0.3, -0.25) is 9.59 Å². The minimum atomic E-state index is -1.01. The lowest BCUT2D eigenvalue weighted by molar-refractivity contribution is -0.154. The van der Waals surface area contributed by atoms with Crippen LogP contribution in [0.5, 0.6) is 5.75 Å². The zero-order valence-corrected chi connectivity index (χ0v) is 27.6. The minimum absolute atomic E-state index is 0.101. The van der Waals surface area contributed by atoms with Gasteiger partial charge in [0.15, 0.2) is 0 Å². The summed E-state index contributed by atoms with van der Waals surface area (Å²) < 4.78 is 16.1. The first-order chi connectivity index (χ1) is 20.5. The molecule has 0 radical (unpaired) electrons. The van der Waals surface area contributed by atoms with Gasteiger partial charge < -0.3 is 30.2 Å². The molecule has 2 atom stereocenters. The lowest BCUT2D eigenvalue weighted by Gasteiger charge is -2.58. The van der Waals surface area contributed by atoms with Gasteiger partial charge in [0.2, 0.25) is 11.8 Å². The Kier molecular flexibility index (Phi) is 10.2. The highest BCUT2D eigenvalue weighted by molar-refractivity contribution is 5.91. The number of carbonyl (C=O) groups excluding carboxylic acids is 4. The first kappa shape index (κ1) is 33.6. The summed E-state index contributed by atoms with van der Waals surface area (Å²) in [4.78, 5) is 54.3. The zero-order valence-electron chi connectivity index (χ0n) is 27.6. The van der Waals surface area contributed by atoms with Crippen LogP contribution in [0.4, 0.5) is 9.59 Å². The summed E-state index contributed by atoms with van der Waals surface area (Å²) in [5.74, 6) is 1.59. The Morgan fingerprint density at radius 2 is 1.50 bits per heavy atom. The lowest BCUT2D eigenvalue weighted by Crippen LogP contribution is -2.65. The fraction of sp³-hybridized carbons (Fsp3) is 0.706. The van der Waals surface area contributed by atoms with Crippen molar-refractivity contribution in [3.8, 4) is 5.75 Å². The van der Waals surface area contributed by atoms with Gasteiger partial charge in [0.25, 0.3) is 0 Å². The van der Waals surface area contributed by atoms with Gasteiger partial charge in [0, 0.05) is 12.5 Å². The van der Waals surface area contributed by atoms with Gasteiger partial charge >= 0.3 is 12.2 Å². The minimum Gasteiger partial charge on any atom is -0.444 e. The smallest absolute Gasteiger partial charge is 0.444 e. The summed E-state index contributed by atoms with van der Waals surface area (Å²) in [5.41, 5.74) is 7.46. The molecule has 3 N–H and O–H groups in total. The number of benzene rings is 1. The molecule has 0 heterocycles. The lowest BCUT2D eigenvalue weighted by atomic mass is 9.53. The van der Waals surface area contributed by atoms with Crippen LogP contribution in [0.25, 0.3) is 0 Å². The standard InChI is InChI=1S/C34H51N3O7/c1-18(2)17-42-33(41)43-26-9-19(3)27(20(4)10-26)16-28(36-32(40)44-34(6,7)8)31(39)37(21(5)30(35)38)29-24-12-22-11-23(14-24)15-25(29)13-22/h9-10,18,21-25,28-29H,11-17H2,1-8H3,(H2,35,38)(H,36,40)/t21-,22?,23?,24?,25?,28?,29?/m1/s1. The fourth-order valence-corrected chi connectivity index (χ4v) is 7.81. The summed E-state index contributed by atoms with van der Waals surface area (Å²) in [6, 6.07) is 1.49. The third-order valence-electron chi connectivity index (χ3n) is 9.38. The number of primary amides is 1. The van der Waals surface area contributed by atoms with Crippen molar-refractivity contribution in [3.05, 3.63) is 28.8 Å². The predicted molar refractivity (Wildman–Crippen MR) is 166 cm³/mol. The molecule has 244 valence electrons. The van der Waals surface area contributed by atoms with E-state index in [2.05, 4.69) is 5.32 Å². The van der Waals surface area contributed by atoms with E-state index in [4.69, 9.17) is 19.9 Å². The van der Waals surface area contributed by atoms with Crippen LogP contribution in [0.15, 0.2) is 12.1 Å². The van der Waals surface area contributed by atoms with Crippen LogP contribution < -0.4 is 15.8 Å². The Morgan fingerprint density at radius 3 is 1.98 bits per heavy atom. The highest BCUT2D eigenvalue weighted by Crippen LogP contribution is 2.55. The zero-order chi connectivity index (χ0) is 32.5. The molecule has 44 heavy (non-hydrogen) atoms. The maximum Gasteiger partial charge on any atom is 0.513 e. The SMILES string of the molecule is Cc1cc(OC(=O)OCC(C)C)cc(C)c1CC(NC(=O)OC(C)(C)C)C(=O)N(C1C2CC3CC(C2)CC1C3)[C@H](C)C(N)=O. The van der Waals surface area contributed by atoms with E-state index in [-0.39, 0.29) is 30.9 Å². The molecule has 1 aromatic carbocycles. The maximum atomic E-state index is 14.6. The van der Waals surface area contributed by atoms with E-state index in [1.165, 1.54) is 6.42 Å². The predicted octanol–water partition coefficient (Wildman–Crippen LogP) is 5.44. The summed E-state index contributed by atoms with van der Waals surface area (Å²) >= 11 is 0. The molecule has 4 fully saturated rings. The van der Waals surface area contributed by atoms with Crippen LogP contribution in [0.1, 0.15) is 90.3 Å². The second-order valence-corrected chi connectivity index (χ2v) is 14.7. The van der Waals surface area contributed by atoms with E-state index in [1.54, 1.807) is 44.7 Å². The first-order valence-corrected chi connectivity index (χ1v) is 16.1. The van der Waals surface area contributed by atoms with E-state index in [0.717, 1.165) is 42.4 Å². The molecule has 1 aromatic rings. The van der Waals surface area contributed by atoms with E-state index in [9.17, 15) is 19.2 Å². The molecule has 10 heteroatoms. The Bertz CT molecular complexity index is 1200. The van der Waals surface area contributed by atoms with Crippen LogP contribution in [0.3, 0.4) is 0 Å². The quantitative estimate of drug-likeness (QED) is 0.265. The summed E-state index contributed by atoms with van der Waals surface area (Å²) in [7, 11) is 0. The molecule has 0 saturated heterocycles. The number of amides is 3. The average molecular weight is 614 g/mol. The summed E-state index contributed by atoms with van der Waals surface area (Å²) in [6.45, 7) is 14.8. The van der Waals surface area contributed by atoms with E-state index in [0.29, 0.717) is 29.4 Å². The van der Waals surface area contributed by atoms with Crippen LogP contribution in [0, 0.1) is 43.4 Å². The van der Waals surface area contributed by atoms with E-state index < -0.39 is 35.8 Å². The van der Waals surface area contributed by atoms with Gasteiger partial charge in [-0.15, -0.1) is 0 Å². The van der Waals surface area contributed by atoms with Crippen molar-refractivity contribution < 1.29 is 33.4 Å². The number of carbonyl (C=O) groups is 4. The monoisotopic (exact) mass is 613 g/mol. The second kappa shape index (κ2) is 13.4. The molecule has 4 bridgehead atoms. The molecule has 4 aliphatic carbocycles. The molecule has 4 saturated carbocycles. The number of alkyl carbamates (subject to hydrolysis) is 1. The highest BCUT2D eigenvalue weighted by atomic mass is 16.7. The number of hydrogen-bond acceptors (Lipinski definition) is 7. The van der Waals surface area contributed by atoms with Crippen molar-refractivity contribution in [2.45, 2.75) is 118 Å². The topological polar surface area (TPSA) is 137 Å². The third kappa shape index (κ3) is 8.04. The second-order valence-electron chi connectivity index (χ2n) is 14.7. The van der Waals surface area contributed by atoms with Gasteiger partial charge in [0.05, 0.1) is 6.61 Å². The fourth-order valence-electron chi connectivity index (χ4n) is 7.81. The summed E-state index contributed by atoms with van der Waals surface area (Å²) in [5, 5.41) is 2.84. The first-order valence-electron chi connectivity index (χ1n) is 16.1. The van der Waals surface area contributed by atoms with Crippen molar-refractivity contribution in [3.63, 3.8) is 0 Å². The van der Waals surface area contributed by atoms with Crippen LogP contribution in [-0.2, 0) is 25.5 Å². The van der Waals surface area contributed by atoms with Crippen LogP contribution in [-0.4, -0.2) is 59.3 Å². The molecule has 3 amide bonds. The number of ether oxygens (including phenoxy) is 3. The largest absolute Gasteiger partial charge is 0.513 e. The van der Waals surface area contributed by atoms with Gasteiger partial charge in [-0.1, -0.05) is 13.8 Å². The van der Waals surface area contributed by atoms with Crippen molar-refractivity contribution >= 4 is 24.1 Å². The molecule has 4 aliphatic rings. The molecular formula is C34H51N3O7. The summed E-state index contributed by atoms with van der Waals surface area (Å²) in [6.07, 6.45) is 4.13. The van der Waals surface area contributed by atoms with Gasteiger partial charge in [0.1, 0.15) is 23.4 Å². The molecule has 0 aliphatic heterocycles. The normalized spacial score (nSPS) is 25.2. The third-order valence-corrected chi connectivity index (χ3v) is 9.38. The van der Waals surface area contributed by atoms with E-state index in [1.807, 2.05) is 27.7 Å². The Balaban J connectivity index is 1.64. The molecule has 1 unspecified atom stereocenters.